The predicted molar refractivity (Wildman–Crippen MR) is 58.5 cm³/mol. The van der Waals surface area contributed by atoms with E-state index in [-0.39, 0.29) is 12.1 Å². The quantitative estimate of drug-likeness (QED) is 0.351. The molecule has 1 aliphatic heterocycles. The number of carbonyl (C=O) groups is 2. The Bertz CT molecular complexity index is 484. The summed E-state index contributed by atoms with van der Waals surface area (Å²) in [6.07, 6.45) is 0.0422. The molecule has 6 nitrogen and oxygen atoms in total. The van der Waals surface area contributed by atoms with Crippen molar-refractivity contribution in [3.8, 4) is 0 Å². The summed E-state index contributed by atoms with van der Waals surface area (Å²) in [5.74, 6) is -1.09. The van der Waals surface area contributed by atoms with Gasteiger partial charge in [0.25, 0.3) is 5.69 Å². The van der Waals surface area contributed by atoms with Crippen molar-refractivity contribution in [2.75, 3.05) is 0 Å². The van der Waals surface area contributed by atoms with Crippen LogP contribution in [-0.2, 0) is 14.3 Å². The summed E-state index contributed by atoms with van der Waals surface area (Å²) in [4.78, 5) is 32.7. The van der Waals surface area contributed by atoms with Crippen LogP contribution in [0.15, 0.2) is 29.2 Å². The van der Waals surface area contributed by atoms with Crippen molar-refractivity contribution < 1.29 is 19.2 Å². The fourth-order valence-corrected chi connectivity index (χ4v) is 2.34. The minimum Gasteiger partial charge on any atom is -0.392 e. The van der Waals surface area contributed by atoms with Crippen LogP contribution in [0.3, 0.4) is 0 Å². The first-order chi connectivity index (χ1) is 8.06. The maximum Gasteiger partial charge on any atom is 0.327 e. The first-order valence-electron chi connectivity index (χ1n) is 4.72. The number of carbonyl (C=O) groups excluding carboxylic acids is 2. The molecule has 0 spiro atoms. The molecular weight excluding hydrogens is 246 g/mol. The zero-order valence-corrected chi connectivity index (χ0v) is 9.31. The molecule has 1 aliphatic rings. The lowest BCUT2D eigenvalue weighted by atomic mass is 10.3. The Kier molecular flexibility index (Phi) is 3.10. The number of cyclic esters (lactones) is 2. The standard InChI is InChI=1S/C10H7NO5S/c12-9-5-8(10(13)16-9)17-7-3-1-6(2-4-7)11(14)15/h1-4,8H,5H2. The second-order valence-electron chi connectivity index (χ2n) is 3.35. The number of non-ortho nitro benzene ring substituents is 1. The van der Waals surface area contributed by atoms with Gasteiger partial charge < -0.3 is 4.74 Å². The zero-order chi connectivity index (χ0) is 12.4. The highest BCUT2D eigenvalue weighted by molar-refractivity contribution is 8.00. The largest absolute Gasteiger partial charge is 0.392 e. The number of hydrogen-bond acceptors (Lipinski definition) is 6. The molecule has 1 heterocycles. The van der Waals surface area contributed by atoms with Crippen LogP contribution < -0.4 is 0 Å². The van der Waals surface area contributed by atoms with Crippen LogP contribution in [0, 0.1) is 10.1 Å². The maximum atomic E-state index is 11.2. The van der Waals surface area contributed by atoms with Gasteiger partial charge in [-0.05, 0) is 12.1 Å². The summed E-state index contributed by atoms with van der Waals surface area (Å²) in [7, 11) is 0. The van der Waals surface area contributed by atoms with Gasteiger partial charge in [0.05, 0.1) is 11.3 Å². The van der Waals surface area contributed by atoms with E-state index in [1.807, 2.05) is 0 Å². The first-order valence-corrected chi connectivity index (χ1v) is 5.60. The van der Waals surface area contributed by atoms with E-state index in [0.29, 0.717) is 4.90 Å². The summed E-state index contributed by atoms with van der Waals surface area (Å²) in [6.45, 7) is 0. The Balaban J connectivity index is 2.07. The monoisotopic (exact) mass is 253 g/mol. The molecule has 88 valence electrons. The van der Waals surface area contributed by atoms with Gasteiger partial charge in [0.15, 0.2) is 0 Å². The van der Waals surface area contributed by atoms with E-state index in [1.165, 1.54) is 23.9 Å². The summed E-state index contributed by atoms with van der Waals surface area (Å²) >= 11 is 1.17. The summed E-state index contributed by atoms with van der Waals surface area (Å²) in [5, 5.41) is 9.88. The molecule has 1 saturated heterocycles. The molecule has 17 heavy (non-hydrogen) atoms. The van der Waals surface area contributed by atoms with Crippen LogP contribution in [0.2, 0.25) is 0 Å². The fraction of sp³-hybridized carbons (Fsp3) is 0.200. The van der Waals surface area contributed by atoms with Crippen LogP contribution in [0.1, 0.15) is 6.42 Å². The Morgan fingerprint density at radius 1 is 1.29 bits per heavy atom. The SMILES string of the molecule is O=C1CC(Sc2ccc([N+](=O)[O-])cc2)C(=O)O1. The van der Waals surface area contributed by atoms with Gasteiger partial charge in [0, 0.05) is 17.0 Å². The number of hydrogen-bond donors (Lipinski definition) is 0. The van der Waals surface area contributed by atoms with Crippen molar-refractivity contribution >= 4 is 29.4 Å². The van der Waals surface area contributed by atoms with Crippen LogP contribution in [0.25, 0.3) is 0 Å². The maximum absolute atomic E-state index is 11.2. The number of nitro benzene ring substituents is 1. The van der Waals surface area contributed by atoms with Gasteiger partial charge >= 0.3 is 11.9 Å². The van der Waals surface area contributed by atoms with E-state index in [1.54, 1.807) is 12.1 Å². The summed E-state index contributed by atoms with van der Waals surface area (Å²) < 4.78 is 4.40. The topological polar surface area (TPSA) is 86.5 Å². The van der Waals surface area contributed by atoms with Crippen LogP contribution >= 0.6 is 11.8 Å². The molecule has 1 unspecified atom stereocenters. The molecule has 0 aromatic heterocycles. The van der Waals surface area contributed by atoms with Crippen LogP contribution in [-0.4, -0.2) is 22.1 Å². The minimum absolute atomic E-state index is 0.0144. The van der Waals surface area contributed by atoms with E-state index in [0.717, 1.165) is 0 Å². The zero-order valence-electron chi connectivity index (χ0n) is 8.49. The van der Waals surface area contributed by atoms with Gasteiger partial charge in [-0.2, -0.15) is 0 Å². The third-order valence-corrected chi connectivity index (χ3v) is 3.34. The number of nitrogens with zero attached hydrogens (tertiary/aromatic N) is 1. The predicted octanol–water partition coefficient (Wildman–Crippen LogP) is 1.53. The molecule has 1 fully saturated rings. The average molecular weight is 253 g/mol. The molecule has 0 saturated carbocycles. The number of thioether (sulfide) groups is 1. The second kappa shape index (κ2) is 4.54. The van der Waals surface area contributed by atoms with Crippen LogP contribution in [0.4, 0.5) is 5.69 Å². The van der Waals surface area contributed by atoms with E-state index < -0.39 is 22.1 Å². The average Bonchev–Trinajstić information content (AvgIpc) is 2.58. The third kappa shape index (κ3) is 2.62. The smallest absolute Gasteiger partial charge is 0.327 e. The Labute approximate surface area is 100 Å². The molecule has 0 N–H and O–H groups in total. The third-order valence-electron chi connectivity index (χ3n) is 2.16. The van der Waals surface area contributed by atoms with Crippen molar-refractivity contribution in [1.82, 2.24) is 0 Å². The van der Waals surface area contributed by atoms with Gasteiger partial charge in [-0.25, -0.2) is 0 Å². The Morgan fingerprint density at radius 3 is 2.41 bits per heavy atom. The molecule has 1 atom stereocenters. The fourth-order valence-electron chi connectivity index (χ4n) is 1.35. The van der Waals surface area contributed by atoms with Crippen molar-refractivity contribution in [3.63, 3.8) is 0 Å². The van der Waals surface area contributed by atoms with E-state index in [4.69, 9.17) is 0 Å². The lowest BCUT2D eigenvalue weighted by Crippen LogP contribution is -2.08. The Hall–Kier alpha value is -1.89. The van der Waals surface area contributed by atoms with Gasteiger partial charge in [-0.1, -0.05) is 0 Å². The van der Waals surface area contributed by atoms with Gasteiger partial charge in [0.2, 0.25) is 0 Å². The highest BCUT2D eigenvalue weighted by atomic mass is 32.2. The molecule has 0 radical (unpaired) electrons. The molecule has 2 rings (SSSR count). The number of ether oxygens (including phenoxy) is 1. The lowest BCUT2D eigenvalue weighted by Gasteiger charge is -2.03. The van der Waals surface area contributed by atoms with Crippen molar-refractivity contribution in [2.24, 2.45) is 0 Å². The molecule has 0 bridgehead atoms. The van der Waals surface area contributed by atoms with Gasteiger partial charge in [0.1, 0.15) is 5.25 Å². The van der Waals surface area contributed by atoms with E-state index in [2.05, 4.69) is 4.74 Å². The number of rotatable bonds is 3. The Morgan fingerprint density at radius 2 is 1.94 bits per heavy atom. The summed E-state index contributed by atoms with van der Waals surface area (Å²) in [6, 6.07) is 5.78. The van der Waals surface area contributed by atoms with Crippen molar-refractivity contribution in [2.45, 2.75) is 16.6 Å². The first kappa shape index (κ1) is 11.6. The number of esters is 2. The normalized spacial score (nSPS) is 19.2. The molecule has 1 aromatic carbocycles. The second-order valence-corrected chi connectivity index (χ2v) is 4.63. The van der Waals surface area contributed by atoms with Gasteiger partial charge in [-0.15, -0.1) is 11.8 Å². The molecule has 1 aromatic rings. The van der Waals surface area contributed by atoms with Gasteiger partial charge in [-0.3, -0.25) is 19.7 Å². The van der Waals surface area contributed by atoms with Crippen molar-refractivity contribution in [3.05, 3.63) is 34.4 Å². The van der Waals surface area contributed by atoms with E-state index in [9.17, 15) is 19.7 Å². The highest BCUT2D eigenvalue weighted by Crippen LogP contribution is 2.30. The number of benzene rings is 1. The highest BCUT2D eigenvalue weighted by Gasteiger charge is 2.34. The molecular formula is C10H7NO5S. The summed E-state index contributed by atoms with van der Waals surface area (Å²) in [5.41, 5.74) is -0.0144. The lowest BCUT2D eigenvalue weighted by molar-refractivity contribution is -0.384. The number of nitro groups is 1. The molecule has 0 amide bonds. The molecule has 0 aliphatic carbocycles. The van der Waals surface area contributed by atoms with Crippen LogP contribution in [0.5, 0.6) is 0 Å². The minimum atomic E-state index is -0.557. The molecule has 7 heteroatoms. The van der Waals surface area contributed by atoms with E-state index >= 15 is 0 Å². The van der Waals surface area contributed by atoms with Crippen molar-refractivity contribution in [1.29, 1.82) is 0 Å².